The fourth-order valence-electron chi connectivity index (χ4n) is 2.40. The van der Waals surface area contributed by atoms with E-state index in [9.17, 15) is 4.79 Å². The lowest BCUT2D eigenvalue weighted by Gasteiger charge is -2.02. The molecule has 0 heterocycles. The summed E-state index contributed by atoms with van der Waals surface area (Å²) in [7, 11) is 0. The normalized spacial score (nSPS) is 11.1. The van der Waals surface area contributed by atoms with Crippen LogP contribution >= 0.6 is 0 Å². The molecule has 2 nitrogen and oxygen atoms in total. The van der Waals surface area contributed by atoms with Crippen LogP contribution in [0.1, 0.15) is 97.3 Å². The summed E-state index contributed by atoms with van der Waals surface area (Å²) in [4.78, 5) is 11.1. The van der Waals surface area contributed by atoms with Crippen LogP contribution in [0.3, 0.4) is 0 Å². The van der Waals surface area contributed by atoms with E-state index < -0.39 is 0 Å². The van der Waals surface area contributed by atoms with E-state index in [1.807, 2.05) is 6.92 Å². The predicted molar refractivity (Wildman–Crippen MR) is 91.5 cm³/mol. The van der Waals surface area contributed by atoms with Crippen molar-refractivity contribution in [2.75, 3.05) is 6.61 Å². The van der Waals surface area contributed by atoms with Gasteiger partial charge in [0, 0.05) is 6.42 Å². The summed E-state index contributed by atoms with van der Waals surface area (Å²) < 4.78 is 4.91. The number of carbonyl (C=O) groups excluding carboxylic acids is 1. The average molecular weight is 296 g/mol. The van der Waals surface area contributed by atoms with Gasteiger partial charge in [-0.25, -0.2) is 0 Å². The molecule has 21 heavy (non-hydrogen) atoms. The summed E-state index contributed by atoms with van der Waals surface area (Å²) >= 11 is 0. The molecule has 2 heteroatoms. The smallest absolute Gasteiger partial charge is 0.305 e. The van der Waals surface area contributed by atoms with Gasteiger partial charge in [-0.05, 0) is 39.0 Å². The fraction of sp³-hybridized carbons (Fsp3) is 0.842. The third kappa shape index (κ3) is 17.2. The number of esters is 1. The number of hydrogen-bond acceptors (Lipinski definition) is 2. The molecule has 0 aliphatic rings. The first-order valence-electron chi connectivity index (χ1n) is 9.11. The first-order valence-corrected chi connectivity index (χ1v) is 9.11. The topological polar surface area (TPSA) is 26.3 Å². The SMILES string of the molecule is CCCCCCC=CCCCCCCCCC(=O)OCC. The van der Waals surface area contributed by atoms with Gasteiger partial charge < -0.3 is 4.74 Å². The van der Waals surface area contributed by atoms with E-state index in [2.05, 4.69) is 19.1 Å². The van der Waals surface area contributed by atoms with Gasteiger partial charge in [-0.2, -0.15) is 0 Å². The summed E-state index contributed by atoms with van der Waals surface area (Å²) in [6, 6.07) is 0. The molecular formula is C19H36O2. The molecule has 0 aliphatic carbocycles. The van der Waals surface area contributed by atoms with Gasteiger partial charge in [0.25, 0.3) is 0 Å². The number of allylic oxidation sites excluding steroid dienone is 2. The van der Waals surface area contributed by atoms with Gasteiger partial charge >= 0.3 is 5.97 Å². The molecule has 0 atom stereocenters. The lowest BCUT2D eigenvalue weighted by molar-refractivity contribution is -0.143. The maximum absolute atomic E-state index is 11.1. The second kappa shape index (κ2) is 17.3. The Balaban J connectivity index is 3.11. The van der Waals surface area contributed by atoms with Crippen LogP contribution in [0, 0.1) is 0 Å². The number of rotatable bonds is 15. The Morgan fingerprint density at radius 3 is 1.86 bits per heavy atom. The van der Waals surface area contributed by atoms with Crippen LogP contribution in [0.25, 0.3) is 0 Å². The second-order valence-electron chi connectivity index (χ2n) is 5.79. The summed E-state index contributed by atoms with van der Waals surface area (Å²) in [6.45, 7) is 4.62. The first-order chi connectivity index (χ1) is 10.3. The predicted octanol–water partition coefficient (Wildman–Crippen LogP) is 6.20. The monoisotopic (exact) mass is 296 g/mol. The molecule has 0 aromatic rings. The van der Waals surface area contributed by atoms with Crippen molar-refractivity contribution in [2.45, 2.75) is 97.3 Å². The van der Waals surface area contributed by atoms with Crippen molar-refractivity contribution in [3.63, 3.8) is 0 Å². The number of carbonyl (C=O) groups is 1. The minimum Gasteiger partial charge on any atom is -0.466 e. The summed E-state index contributed by atoms with van der Waals surface area (Å²) in [5.41, 5.74) is 0. The Morgan fingerprint density at radius 1 is 0.762 bits per heavy atom. The lowest BCUT2D eigenvalue weighted by atomic mass is 10.1. The quantitative estimate of drug-likeness (QED) is 0.204. The lowest BCUT2D eigenvalue weighted by Crippen LogP contribution is -2.03. The third-order valence-electron chi connectivity index (χ3n) is 3.70. The Kier molecular flexibility index (Phi) is 16.6. The van der Waals surface area contributed by atoms with Gasteiger partial charge in [-0.1, -0.05) is 64.0 Å². The Morgan fingerprint density at radius 2 is 1.29 bits per heavy atom. The number of ether oxygens (including phenoxy) is 1. The Hall–Kier alpha value is -0.790. The summed E-state index contributed by atoms with van der Waals surface area (Å²) in [5.74, 6) is -0.0402. The highest BCUT2D eigenvalue weighted by atomic mass is 16.5. The van der Waals surface area contributed by atoms with E-state index >= 15 is 0 Å². The standard InChI is InChI=1S/C19H36O2/c1-3-5-6-7-8-9-10-11-12-13-14-15-16-17-18-19(20)21-4-2/h9-10H,3-8,11-18H2,1-2H3. The van der Waals surface area contributed by atoms with E-state index in [-0.39, 0.29) is 5.97 Å². The molecule has 0 amide bonds. The van der Waals surface area contributed by atoms with Gasteiger partial charge in [0.1, 0.15) is 0 Å². The number of unbranched alkanes of at least 4 members (excludes halogenated alkanes) is 10. The molecule has 0 N–H and O–H groups in total. The van der Waals surface area contributed by atoms with Gasteiger partial charge in [0.2, 0.25) is 0 Å². The number of hydrogen-bond donors (Lipinski definition) is 0. The third-order valence-corrected chi connectivity index (χ3v) is 3.70. The van der Waals surface area contributed by atoms with Crippen molar-refractivity contribution in [3.05, 3.63) is 12.2 Å². The highest BCUT2D eigenvalue weighted by Crippen LogP contribution is 2.10. The van der Waals surface area contributed by atoms with E-state index in [1.165, 1.54) is 64.2 Å². The van der Waals surface area contributed by atoms with E-state index in [4.69, 9.17) is 4.74 Å². The molecule has 0 aromatic heterocycles. The second-order valence-corrected chi connectivity index (χ2v) is 5.79. The molecule has 0 radical (unpaired) electrons. The molecule has 0 aromatic carbocycles. The zero-order valence-corrected chi connectivity index (χ0v) is 14.4. The highest BCUT2D eigenvalue weighted by Gasteiger charge is 2.00. The van der Waals surface area contributed by atoms with E-state index in [0.717, 1.165) is 12.8 Å². The molecular weight excluding hydrogens is 260 g/mol. The first kappa shape index (κ1) is 20.2. The maximum Gasteiger partial charge on any atom is 0.305 e. The average Bonchev–Trinajstić information content (AvgIpc) is 2.48. The van der Waals surface area contributed by atoms with Crippen LogP contribution in [0.15, 0.2) is 12.2 Å². The largest absolute Gasteiger partial charge is 0.466 e. The molecule has 0 spiro atoms. The minimum atomic E-state index is -0.0402. The maximum atomic E-state index is 11.1. The Bertz CT molecular complexity index is 246. The van der Waals surface area contributed by atoms with Crippen LogP contribution in [-0.4, -0.2) is 12.6 Å². The van der Waals surface area contributed by atoms with Crippen molar-refractivity contribution in [1.82, 2.24) is 0 Å². The van der Waals surface area contributed by atoms with E-state index in [1.54, 1.807) is 0 Å². The van der Waals surface area contributed by atoms with Gasteiger partial charge in [0.05, 0.1) is 6.61 Å². The van der Waals surface area contributed by atoms with Crippen molar-refractivity contribution in [3.8, 4) is 0 Å². The van der Waals surface area contributed by atoms with Crippen LogP contribution in [0.4, 0.5) is 0 Å². The Labute approximate surface area is 132 Å². The molecule has 0 rings (SSSR count). The zero-order valence-electron chi connectivity index (χ0n) is 14.4. The van der Waals surface area contributed by atoms with Crippen LogP contribution in [0.5, 0.6) is 0 Å². The van der Waals surface area contributed by atoms with Crippen LogP contribution in [-0.2, 0) is 9.53 Å². The molecule has 0 fully saturated rings. The molecule has 0 bridgehead atoms. The van der Waals surface area contributed by atoms with Gasteiger partial charge in [0.15, 0.2) is 0 Å². The van der Waals surface area contributed by atoms with Crippen molar-refractivity contribution in [1.29, 1.82) is 0 Å². The fourth-order valence-corrected chi connectivity index (χ4v) is 2.40. The minimum absolute atomic E-state index is 0.0402. The van der Waals surface area contributed by atoms with Crippen molar-refractivity contribution >= 4 is 5.97 Å². The summed E-state index contributed by atoms with van der Waals surface area (Å²) in [5, 5.41) is 0. The molecule has 0 saturated heterocycles. The van der Waals surface area contributed by atoms with Gasteiger partial charge in [-0.3, -0.25) is 4.79 Å². The summed E-state index contributed by atoms with van der Waals surface area (Å²) in [6.07, 6.45) is 20.5. The zero-order chi connectivity index (χ0) is 15.6. The van der Waals surface area contributed by atoms with Crippen LogP contribution in [0.2, 0.25) is 0 Å². The van der Waals surface area contributed by atoms with E-state index in [0.29, 0.717) is 13.0 Å². The van der Waals surface area contributed by atoms with Crippen LogP contribution < -0.4 is 0 Å². The molecule has 0 unspecified atom stereocenters. The highest BCUT2D eigenvalue weighted by molar-refractivity contribution is 5.69. The molecule has 0 aliphatic heterocycles. The molecule has 124 valence electrons. The van der Waals surface area contributed by atoms with Crippen molar-refractivity contribution < 1.29 is 9.53 Å². The van der Waals surface area contributed by atoms with Gasteiger partial charge in [-0.15, -0.1) is 0 Å². The molecule has 0 saturated carbocycles. The van der Waals surface area contributed by atoms with Crippen molar-refractivity contribution in [2.24, 2.45) is 0 Å².